The van der Waals surface area contributed by atoms with Gasteiger partial charge < -0.3 is 15.0 Å². The monoisotopic (exact) mass is 490 g/mol. The SMILES string of the molecule is O=C(Nc1ccc(OC(F)F)cc1)C1CCN(C(=O)Cn2c(-c3ccccc3F)noc2=O)CC1. The molecule has 12 heteroatoms. The Balaban J connectivity index is 1.33. The van der Waals surface area contributed by atoms with Crippen LogP contribution in [0.5, 0.6) is 5.75 Å². The zero-order valence-corrected chi connectivity index (χ0v) is 18.3. The molecule has 9 nitrogen and oxygen atoms in total. The number of halogens is 3. The van der Waals surface area contributed by atoms with E-state index in [4.69, 9.17) is 0 Å². The van der Waals surface area contributed by atoms with Gasteiger partial charge in [-0.3, -0.25) is 14.1 Å². The summed E-state index contributed by atoms with van der Waals surface area (Å²) in [4.78, 5) is 39.0. The molecule has 1 aromatic heterocycles. The van der Waals surface area contributed by atoms with Crippen molar-refractivity contribution in [3.05, 3.63) is 64.9 Å². The molecule has 2 amide bonds. The largest absolute Gasteiger partial charge is 0.442 e. The maximum absolute atomic E-state index is 14.1. The summed E-state index contributed by atoms with van der Waals surface area (Å²) in [6, 6.07) is 11.3. The van der Waals surface area contributed by atoms with Crippen LogP contribution < -0.4 is 15.8 Å². The number of hydrogen-bond acceptors (Lipinski definition) is 6. The molecule has 35 heavy (non-hydrogen) atoms. The number of alkyl halides is 2. The first-order valence-corrected chi connectivity index (χ1v) is 10.8. The first-order chi connectivity index (χ1) is 16.8. The van der Waals surface area contributed by atoms with E-state index in [1.54, 1.807) is 6.07 Å². The smallest absolute Gasteiger partial charge is 0.435 e. The molecular weight excluding hydrogens is 469 g/mol. The van der Waals surface area contributed by atoms with Gasteiger partial charge in [-0.1, -0.05) is 17.3 Å². The van der Waals surface area contributed by atoms with E-state index in [2.05, 4.69) is 19.7 Å². The fourth-order valence-corrected chi connectivity index (χ4v) is 3.83. The molecule has 1 saturated heterocycles. The van der Waals surface area contributed by atoms with Crippen LogP contribution in [0.4, 0.5) is 18.9 Å². The lowest BCUT2D eigenvalue weighted by Crippen LogP contribution is -2.43. The van der Waals surface area contributed by atoms with Gasteiger partial charge in [-0.15, -0.1) is 0 Å². The van der Waals surface area contributed by atoms with Crippen LogP contribution in [0.15, 0.2) is 57.8 Å². The first kappa shape index (κ1) is 24.0. The number of hydrogen-bond donors (Lipinski definition) is 1. The highest BCUT2D eigenvalue weighted by Gasteiger charge is 2.29. The fourth-order valence-electron chi connectivity index (χ4n) is 3.83. The normalized spacial score (nSPS) is 14.2. The van der Waals surface area contributed by atoms with Crippen LogP contribution in [0.2, 0.25) is 0 Å². The number of amides is 2. The van der Waals surface area contributed by atoms with Gasteiger partial charge in [-0.05, 0) is 49.2 Å². The highest BCUT2D eigenvalue weighted by molar-refractivity contribution is 5.92. The van der Waals surface area contributed by atoms with Crippen molar-refractivity contribution in [3.8, 4) is 17.1 Å². The van der Waals surface area contributed by atoms with Crippen molar-refractivity contribution < 1.29 is 32.0 Å². The van der Waals surface area contributed by atoms with E-state index in [0.717, 1.165) is 4.57 Å². The molecular formula is C23H21F3N4O5. The van der Waals surface area contributed by atoms with Gasteiger partial charge in [0.25, 0.3) is 0 Å². The Morgan fingerprint density at radius 1 is 1.11 bits per heavy atom. The van der Waals surface area contributed by atoms with Crippen molar-refractivity contribution in [1.82, 2.24) is 14.6 Å². The molecule has 2 heterocycles. The van der Waals surface area contributed by atoms with Crippen molar-refractivity contribution >= 4 is 17.5 Å². The predicted molar refractivity (Wildman–Crippen MR) is 117 cm³/mol. The van der Waals surface area contributed by atoms with Gasteiger partial charge in [-0.25, -0.2) is 13.8 Å². The Hall–Kier alpha value is -4.09. The number of piperidine rings is 1. The van der Waals surface area contributed by atoms with E-state index in [0.29, 0.717) is 18.5 Å². The van der Waals surface area contributed by atoms with Gasteiger partial charge in [0.05, 0.1) is 5.56 Å². The third-order valence-electron chi connectivity index (χ3n) is 5.66. The second-order valence-corrected chi connectivity index (χ2v) is 7.89. The van der Waals surface area contributed by atoms with Gasteiger partial charge in [0.2, 0.25) is 11.8 Å². The summed E-state index contributed by atoms with van der Waals surface area (Å²) < 4.78 is 48.5. The fraction of sp³-hybridized carbons (Fsp3) is 0.304. The quantitative estimate of drug-likeness (QED) is 0.546. The minimum absolute atomic E-state index is 0.0186. The lowest BCUT2D eigenvalue weighted by molar-refractivity contribution is -0.135. The highest BCUT2D eigenvalue weighted by atomic mass is 19.3. The number of benzene rings is 2. The number of aromatic nitrogens is 2. The minimum Gasteiger partial charge on any atom is -0.435 e. The Bertz CT molecular complexity index is 1250. The van der Waals surface area contributed by atoms with E-state index in [9.17, 15) is 27.6 Å². The molecule has 2 aromatic carbocycles. The molecule has 0 spiro atoms. The van der Waals surface area contributed by atoms with E-state index >= 15 is 0 Å². The van der Waals surface area contributed by atoms with E-state index in [1.807, 2.05) is 0 Å². The summed E-state index contributed by atoms with van der Waals surface area (Å²) in [6.45, 7) is -2.74. The van der Waals surface area contributed by atoms with Crippen LogP contribution >= 0.6 is 0 Å². The van der Waals surface area contributed by atoms with Crippen molar-refractivity contribution in [2.24, 2.45) is 5.92 Å². The third kappa shape index (κ3) is 5.70. The average molecular weight is 490 g/mol. The number of anilines is 1. The molecule has 0 aliphatic carbocycles. The van der Waals surface area contributed by atoms with Crippen LogP contribution in [-0.2, 0) is 16.1 Å². The standard InChI is InChI=1S/C23H21F3N4O5/c24-18-4-2-1-3-17(18)20-28-35-23(33)30(20)13-19(31)29-11-9-14(10-12-29)21(32)27-15-5-7-16(8-6-15)34-22(25)26/h1-8,14,22H,9-13H2,(H,27,32). The number of nitrogens with zero attached hydrogens (tertiary/aromatic N) is 3. The second-order valence-electron chi connectivity index (χ2n) is 7.89. The summed E-state index contributed by atoms with van der Waals surface area (Å²) >= 11 is 0. The zero-order chi connectivity index (χ0) is 24.9. The van der Waals surface area contributed by atoms with Gasteiger partial charge in [0.1, 0.15) is 18.1 Å². The Labute approximate surface area is 197 Å². The van der Waals surface area contributed by atoms with Crippen LogP contribution in [0.25, 0.3) is 11.4 Å². The number of carbonyl (C=O) groups is 2. The number of rotatable bonds is 7. The molecule has 1 aliphatic heterocycles. The molecule has 1 N–H and O–H groups in total. The zero-order valence-electron chi connectivity index (χ0n) is 18.3. The predicted octanol–water partition coefficient (Wildman–Crippen LogP) is 3.12. The number of ether oxygens (including phenoxy) is 1. The molecule has 0 atom stereocenters. The van der Waals surface area contributed by atoms with Crippen LogP contribution in [-0.4, -0.2) is 46.1 Å². The Morgan fingerprint density at radius 2 is 1.80 bits per heavy atom. The lowest BCUT2D eigenvalue weighted by atomic mass is 9.95. The van der Waals surface area contributed by atoms with Crippen molar-refractivity contribution in [2.45, 2.75) is 26.0 Å². The molecule has 184 valence electrons. The number of carbonyl (C=O) groups excluding carboxylic acids is 2. The van der Waals surface area contributed by atoms with Crippen LogP contribution in [0, 0.1) is 11.7 Å². The summed E-state index contributed by atoms with van der Waals surface area (Å²) in [5.74, 6) is -2.59. The number of nitrogens with one attached hydrogen (secondary N) is 1. The van der Waals surface area contributed by atoms with Gasteiger partial charge in [0.15, 0.2) is 5.82 Å². The molecule has 0 radical (unpaired) electrons. The minimum atomic E-state index is -2.93. The van der Waals surface area contributed by atoms with Gasteiger partial charge >= 0.3 is 12.4 Å². The summed E-state index contributed by atoms with van der Waals surface area (Å²) in [5.41, 5.74) is 0.470. The summed E-state index contributed by atoms with van der Waals surface area (Å²) in [5, 5.41) is 6.33. The summed E-state index contributed by atoms with van der Waals surface area (Å²) in [7, 11) is 0. The van der Waals surface area contributed by atoms with E-state index in [1.165, 1.54) is 47.4 Å². The highest BCUT2D eigenvalue weighted by Crippen LogP contribution is 2.23. The van der Waals surface area contributed by atoms with Gasteiger partial charge in [0, 0.05) is 24.7 Å². The van der Waals surface area contributed by atoms with Crippen molar-refractivity contribution in [1.29, 1.82) is 0 Å². The Kier molecular flexibility index (Phi) is 7.18. The first-order valence-electron chi connectivity index (χ1n) is 10.8. The molecule has 3 aromatic rings. The Morgan fingerprint density at radius 3 is 2.46 bits per heavy atom. The third-order valence-corrected chi connectivity index (χ3v) is 5.66. The maximum atomic E-state index is 14.1. The second kappa shape index (κ2) is 10.5. The number of likely N-dealkylation sites (tertiary alicyclic amines) is 1. The van der Waals surface area contributed by atoms with Gasteiger partial charge in [-0.2, -0.15) is 8.78 Å². The average Bonchev–Trinajstić information content (AvgIpc) is 3.20. The van der Waals surface area contributed by atoms with Crippen molar-refractivity contribution in [2.75, 3.05) is 18.4 Å². The molecule has 0 bridgehead atoms. The molecule has 0 unspecified atom stereocenters. The maximum Gasteiger partial charge on any atom is 0.442 e. The summed E-state index contributed by atoms with van der Waals surface area (Å²) in [6.07, 6.45) is 0.783. The van der Waals surface area contributed by atoms with Crippen molar-refractivity contribution in [3.63, 3.8) is 0 Å². The lowest BCUT2D eigenvalue weighted by Gasteiger charge is -2.31. The molecule has 4 rings (SSSR count). The van der Waals surface area contributed by atoms with Crippen LogP contribution in [0.3, 0.4) is 0 Å². The molecule has 0 saturated carbocycles. The molecule has 1 aliphatic rings. The van der Waals surface area contributed by atoms with E-state index < -0.39 is 18.2 Å². The topological polar surface area (TPSA) is 107 Å². The molecule has 1 fully saturated rings. The van der Waals surface area contributed by atoms with E-state index in [-0.39, 0.29) is 54.5 Å². The van der Waals surface area contributed by atoms with Crippen LogP contribution in [0.1, 0.15) is 12.8 Å².